The number of rotatable bonds is 7. The van der Waals surface area contributed by atoms with Gasteiger partial charge in [0, 0.05) is 16.8 Å². The molecular formula is C20H28ClN3O3. The van der Waals surface area contributed by atoms with Crippen molar-refractivity contribution in [3.05, 3.63) is 29.3 Å². The second-order valence-corrected chi connectivity index (χ2v) is 7.35. The van der Waals surface area contributed by atoms with Gasteiger partial charge >= 0.3 is 0 Å². The molecule has 1 fully saturated rings. The van der Waals surface area contributed by atoms with E-state index in [-0.39, 0.29) is 30.9 Å². The Hall–Kier alpha value is -2.08. The Labute approximate surface area is 165 Å². The minimum Gasteiger partial charge on any atom is -0.484 e. The number of carbonyl (C=O) groups excluding carboxylic acids is 2. The first-order chi connectivity index (χ1) is 13.0. The molecule has 148 valence electrons. The van der Waals surface area contributed by atoms with E-state index in [0.717, 1.165) is 12.8 Å². The average Bonchev–Trinajstić information content (AvgIpc) is 2.61. The summed E-state index contributed by atoms with van der Waals surface area (Å²) in [6, 6.07) is 7.00. The third-order valence-corrected chi connectivity index (χ3v) is 4.69. The Morgan fingerprint density at radius 3 is 2.37 bits per heavy atom. The van der Waals surface area contributed by atoms with E-state index in [1.807, 2.05) is 0 Å². The van der Waals surface area contributed by atoms with Gasteiger partial charge in [0.15, 0.2) is 6.61 Å². The zero-order chi connectivity index (χ0) is 19.5. The van der Waals surface area contributed by atoms with Gasteiger partial charge in [0.25, 0.3) is 5.91 Å². The molecule has 0 aliphatic heterocycles. The van der Waals surface area contributed by atoms with E-state index in [0.29, 0.717) is 16.5 Å². The molecule has 7 heteroatoms. The molecule has 1 saturated carbocycles. The Bertz CT molecular complexity index is 638. The monoisotopic (exact) mass is 393 g/mol. The van der Waals surface area contributed by atoms with E-state index < -0.39 is 0 Å². The highest BCUT2D eigenvalue weighted by molar-refractivity contribution is 6.30. The van der Waals surface area contributed by atoms with Gasteiger partial charge in [0.05, 0.1) is 6.42 Å². The predicted molar refractivity (Wildman–Crippen MR) is 107 cm³/mol. The quantitative estimate of drug-likeness (QED) is 0.545. The molecule has 2 amide bonds. The third kappa shape index (κ3) is 8.91. The molecule has 0 bridgehead atoms. The second-order valence-electron chi connectivity index (χ2n) is 6.91. The number of carbonyl (C=O) groups is 2. The summed E-state index contributed by atoms with van der Waals surface area (Å²) in [5, 5.41) is 7.66. The first-order valence-corrected chi connectivity index (χ1v) is 9.90. The lowest BCUT2D eigenvalue weighted by molar-refractivity contribution is -0.123. The van der Waals surface area contributed by atoms with Crippen LogP contribution in [0.5, 0.6) is 5.75 Å². The number of hydrogen-bond donors (Lipinski definition) is 2. The van der Waals surface area contributed by atoms with Crippen molar-refractivity contribution in [2.45, 2.75) is 64.3 Å². The van der Waals surface area contributed by atoms with Crippen molar-refractivity contribution in [3.8, 4) is 5.75 Å². The highest BCUT2D eigenvalue weighted by Crippen LogP contribution is 2.17. The first kappa shape index (κ1) is 21.2. The molecule has 0 heterocycles. The molecule has 0 unspecified atom stereocenters. The summed E-state index contributed by atoms with van der Waals surface area (Å²) in [5.41, 5.74) is 2.96. The van der Waals surface area contributed by atoms with Crippen LogP contribution in [0.3, 0.4) is 0 Å². The molecule has 0 saturated heterocycles. The molecule has 0 spiro atoms. The summed E-state index contributed by atoms with van der Waals surface area (Å²) in [7, 11) is 0. The lowest BCUT2D eigenvalue weighted by Crippen LogP contribution is -2.36. The van der Waals surface area contributed by atoms with Crippen LogP contribution < -0.4 is 15.5 Å². The zero-order valence-corrected chi connectivity index (χ0v) is 16.6. The van der Waals surface area contributed by atoms with E-state index >= 15 is 0 Å². The molecule has 0 atom stereocenters. The van der Waals surface area contributed by atoms with Crippen LogP contribution in [0.15, 0.2) is 29.4 Å². The van der Waals surface area contributed by atoms with Crippen LogP contribution in [0.25, 0.3) is 0 Å². The minimum absolute atomic E-state index is 0.0477. The molecule has 1 aromatic rings. The van der Waals surface area contributed by atoms with Crippen molar-refractivity contribution in [1.29, 1.82) is 0 Å². The predicted octanol–water partition coefficient (Wildman–Crippen LogP) is 3.83. The standard InChI is InChI=1S/C20H28ClN3O3/c1-15(13-19(25)22-17-7-5-3-2-4-6-8-17)23-24-20(26)14-27-18-11-9-16(21)10-12-18/h9-12,17H,2-8,13-14H2,1H3,(H,22,25)(H,24,26)/b23-15+. The molecular weight excluding hydrogens is 366 g/mol. The summed E-state index contributed by atoms with van der Waals surface area (Å²) >= 11 is 5.79. The van der Waals surface area contributed by atoms with Crippen LogP contribution in [0, 0.1) is 0 Å². The number of nitrogens with one attached hydrogen (secondary N) is 2. The largest absolute Gasteiger partial charge is 0.484 e. The molecule has 0 aromatic heterocycles. The van der Waals surface area contributed by atoms with E-state index in [1.165, 1.54) is 32.1 Å². The fourth-order valence-electron chi connectivity index (χ4n) is 3.02. The SMILES string of the molecule is C/C(CC(=O)NC1CCCCCCC1)=N\NC(=O)COc1ccc(Cl)cc1. The van der Waals surface area contributed by atoms with Crippen molar-refractivity contribution in [3.63, 3.8) is 0 Å². The smallest absolute Gasteiger partial charge is 0.277 e. The fourth-order valence-corrected chi connectivity index (χ4v) is 3.15. The van der Waals surface area contributed by atoms with E-state index in [9.17, 15) is 9.59 Å². The zero-order valence-electron chi connectivity index (χ0n) is 15.8. The van der Waals surface area contributed by atoms with Gasteiger partial charge in [-0.3, -0.25) is 9.59 Å². The van der Waals surface area contributed by atoms with E-state index in [2.05, 4.69) is 15.8 Å². The number of ether oxygens (including phenoxy) is 1. The number of amides is 2. The average molecular weight is 394 g/mol. The fraction of sp³-hybridized carbons (Fsp3) is 0.550. The molecule has 1 aliphatic rings. The number of halogens is 1. The maximum absolute atomic E-state index is 12.2. The van der Waals surface area contributed by atoms with Crippen molar-refractivity contribution in [2.24, 2.45) is 5.10 Å². The van der Waals surface area contributed by atoms with E-state index in [1.54, 1.807) is 31.2 Å². The van der Waals surface area contributed by atoms with Gasteiger partial charge in [-0.1, -0.05) is 43.7 Å². The van der Waals surface area contributed by atoms with Gasteiger partial charge in [-0.25, -0.2) is 5.43 Å². The van der Waals surface area contributed by atoms with Gasteiger partial charge in [-0.15, -0.1) is 0 Å². The van der Waals surface area contributed by atoms with Crippen molar-refractivity contribution >= 4 is 29.1 Å². The van der Waals surface area contributed by atoms with Gasteiger partial charge in [-0.05, 0) is 44.0 Å². The molecule has 0 radical (unpaired) electrons. The summed E-state index contributed by atoms with van der Waals surface area (Å²) in [6.45, 7) is 1.56. The molecule has 27 heavy (non-hydrogen) atoms. The highest BCUT2D eigenvalue weighted by Gasteiger charge is 2.14. The minimum atomic E-state index is -0.385. The van der Waals surface area contributed by atoms with Crippen molar-refractivity contribution in [2.75, 3.05) is 6.61 Å². The van der Waals surface area contributed by atoms with Gasteiger partial charge < -0.3 is 10.1 Å². The summed E-state index contributed by atoms with van der Waals surface area (Å²) < 4.78 is 5.34. The molecule has 1 aromatic carbocycles. The Balaban J connectivity index is 1.68. The first-order valence-electron chi connectivity index (χ1n) is 9.52. The van der Waals surface area contributed by atoms with Crippen LogP contribution in [0.2, 0.25) is 5.02 Å². The molecule has 1 aliphatic carbocycles. The summed E-state index contributed by atoms with van der Waals surface area (Å²) in [4.78, 5) is 24.0. The van der Waals surface area contributed by atoms with Gasteiger partial charge in [0.1, 0.15) is 5.75 Å². The van der Waals surface area contributed by atoms with Gasteiger partial charge in [0.2, 0.25) is 5.91 Å². The Morgan fingerprint density at radius 1 is 1.07 bits per heavy atom. The maximum atomic E-state index is 12.2. The topological polar surface area (TPSA) is 79.8 Å². The summed E-state index contributed by atoms with van der Waals surface area (Å²) in [5.74, 6) is 0.118. The van der Waals surface area contributed by atoms with E-state index in [4.69, 9.17) is 16.3 Å². The lowest BCUT2D eigenvalue weighted by atomic mass is 9.96. The van der Waals surface area contributed by atoms with Gasteiger partial charge in [-0.2, -0.15) is 5.10 Å². The second kappa shape index (κ2) is 11.6. The van der Waals surface area contributed by atoms with Crippen LogP contribution >= 0.6 is 11.6 Å². The van der Waals surface area contributed by atoms with Crippen LogP contribution in [0.1, 0.15) is 58.3 Å². The highest BCUT2D eigenvalue weighted by atomic mass is 35.5. The maximum Gasteiger partial charge on any atom is 0.277 e. The Morgan fingerprint density at radius 2 is 1.70 bits per heavy atom. The lowest BCUT2D eigenvalue weighted by Gasteiger charge is -2.21. The number of hydrogen-bond acceptors (Lipinski definition) is 4. The van der Waals surface area contributed by atoms with Crippen LogP contribution in [-0.2, 0) is 9.59 Å². The number of hydrazone groups is 1. The normalized spacial score (nSPS) is 16.1. The number of benzene rings is 1. The number of nitrogens with zero attached hydrogens (tertiary/aromatic N) is 1. The van der Waals surface area contributed by atoms with Crippen LogP contribution in [-0.4, -0.2) is 30.2 Å². The van der Waals surface area contributed by atoms with Crippen LogP contribution in [0.4, 0.5) is 0 Å². The molecule has 2 N–H and O–H groups in total. The Kier molecular flexibility index (Phi) is 9.11. The van der Waals surface area contributed by atoms with Crippen molar-refractivity contribution < 1.29 is 14.3 Å². The van der Waals surface area contributed by atoms with Crippen molar-refractivity contribution in [1.82, 2.24) is 10.7 Å². The summed E-state index contributed by atoms with van der Waals surface area (Å²) in [6.07, 6.45) is 8.39. The molecule has 6 nitrogen and oxygen atoms in total. The molecule has 2 rings (SSSR count). The third-order valence-electron chi connectivity index (χ3n) is 4.44.